The Morgan fingerprint density at radius 1 is 0.760 bits per heavy atom. The Balaban J connectivity index is 1.76. The molecule has 0 aliphatic heterocycles. The number of para-hydroxylation sites is 1. The first kappa shape index (κ1) is 17.4. The van der Waals surface area contributed by atoms with Crippen LogP contribution in [0.3, 0.4) is 0 Å². The van der Waals surface area contributed by atoms with Gasteiger partial charge >= 0.3 is 7.82 Å². The highest BCUT2D eigenvalue weighted by Gasteiger charge is 2.26. The minimum Gasteiger partial charge on any atom is -0.404 e. The van der Waals surface area contributed by atoms with Gasteiger partial charge in [0.1, 0.15) is 5.75 Å². The summed E-state index contributed by atoms with van der Waals surface area (Å²) in [5, 5.41) is 0. The Hall–Kier alpha value is -2.39. The molecule has 0 spiro atoms. The third kappa shape index (κ3) is 5.04. The molecule has 0 aliphatic carbocycles. The summed E-state index contributed by atoms with van der Waals surface area (Å²) in [7, 11) is -4.21. The van der Waals surface area contributed by atoms with Crippen LogP contribution in [0.2, 0.25) is 0 Å². The summed E-state index contributed by atoms with van der Waals surface area (Å²) in [6.45, 7) is 0.0363. The number of hydrogen-bond donors (Lipinski definition) is 1. The molecular formula is C20H19O4P. The molecule has 25 heavy (non-hydrogen) atoms. The predicted octanol–water partition coefficient (Wildman–Crippen LogP) is 5.01. The van der Waals surface area contributed by atoms with Gasteiger partial charge in [0.15, 0.2) is 0 Å². The Morgan fingerprint density at radius 3 is 1.68 bits per heavy atom. The maximum atomic E-state index is 12.3. The zero-order valence-corrected chi connectivity index (χ0v) is 14.5. The zero-order valence-electron chi connectivity index (χ0n) is 13.6. The van der Waals surface area contributed by atoms with E-state index >= 15 is 0 Å². The fourth-order valence-corrected chi connectivity index (χ4v) is 3.34. The fourth-order valence-electron chi connectivity index (χ4n) is 2.57. The molecule has 0 saturated carbocycles. The quantitative estimate of drug-likeness (QED) is 0.606. The molecular weight excluding hydrogens is 335 g/mol. The van der Waals surface area contributed by atoms with Crippen LogP contribution in [0.4, 0.5) is 0 Å². The summed E-state index contributed by atoms with van der Waals surface area (Å²) >= 11 is 0. The summed E-state index contributed by atoms with van der Waals surface area (Å²) < 4.78 is 22.7. The van der Waals surface area contributed by atoms with Gasteiger partial charge in [-0.25, -0.2) is 4.57 Å². The minimum atomic E-state index is -4.21. The Morgan fingerprint density at radius 2 is 1.20 bits per heavy atom. The van der Waals surface area contributed by atoms with Gasteiger partial charge in [-0.3, -0.25) is 9.42 Å². The Labute approximate surface area is 147 Å². The van der Waals surface area contributed by atoms with Gasteiger partial charge in [0.25, 0.3) is 0 Å². The second-order valence-electron chi connectivity index (χ2n) is 5.54. The average Bonchev–Trinajstić information content (AvgIpc) is 2.64. The normalized spacial score (nSPS) is 13.4. The molecule has 0 bridgehead atoms. The van der Waals surface area contributed by atoms with E-state index in [-0.39, 0.29) is 12.5 Å². The number of benzene rings is 3. The smallest absolute Gasteiger partial charge is 0.404 e. The highest BCUT2D eigenvalue weighted by atomic mass is 31.2. The van der Waals surface area contributed by atoms with Gasteiger partial charge in [0.05, 0.1) is 6.61 Å². The Bertz CT molecular complexity index is 783. The van der Waals surface area contributed by atoms with Gasteiger partial charge in [-0.2, -0.15) is 0 Å². The van der Waals surface area contributed by atoms with Crippen molar-refractivity contribution in [2.45, 2.75) is 5.92 Å². The molecule has 0 fully saturated rings. The molecule has 5 heteroatoms. The van der Waals surface area contributed by atoms with E-state index in [2.05, 4.69) is 0 Å². The number of rotatable bonds is 7. The van der Waals surface area contributed by atoms with Crippen molar-refractivity contribution in [3.8, 4) is 5.75 Å². The third-order valence-electron chi connectivity index (χ3n) is 3.77. The SMILES string of the molecule is O=P(O)(OCC(c1ccccc1)c1ccccc1)Oc1ccccc1. The maximum Gasteiger partial charge on any atom is 0.527 e. The first-order valence-corrected chi connectivity index (χ1v) is 9.45. The van der Waals surface area contributed by atoms with Crippen LogP contribution in [-0.2, 0) is 9.09 Å². The van der Waals surface area contributed by atoms with Crippen molar-refractivity contribution >= 4 is 7.82 Å². The van der Waals surface area contributed by atoms with Gasteiger partial charge in [-0.15, -0.1) is 0 Å². The topological polar surface area (TPSA) is 55.8 Å². The van der Waals surface area contributed by atoms with Crippen molar-refractivity contribution in [3.05, 3.63) is 102 Å². The van der Waals surface area contributed by atoms with E-state index in [1.165, 1.54) is 0 Å². The molecule has 0 amide bonds. The first-order chi connectivity index (χ1) is 12.1. The first-order valence-electron chi connectivity index (χ1n) is 7.96. The van der Waals surface area contributed by atoms with Crippen molar-refractivity contribution in [2.75, 3.05) is 6.61 Å². The van der Waals surface area contributed by atoms with Crippen LogP contribution in [-0.4, -0.2) is 11.5 Å². The van der Waals surface area contributed by atoms with Crippen LogP contribution in [0.5, 0.6) is 5.75 Å². The van der Waals surface area contributed by atoms with Crippen molar-refractivity contribution in [1.29, 1.82) is 0 Å². The molecule has 128 valence electrons. The third-order valence-corrected chi connectivity index (χ3v) is 4.69. The monoisotopic (exact) mass is 354 g/mol. The summed E-state index contributed by atoms with van der Waals surface area (Å²) in [5.74, 6) is 0.131. The zero-order chi connectivity index (χ0) is 17.5. The van der Waals surface area contributed by atoms with Gasteiger partial charge in [0.2, 0.25) is 0 Å². The Kier molecular flexibility index (Phi) is 5.67. The van der Waals surface area contributed by atoms with Gasteiger partial charge < -0.3 is 4.52 Å². The molecule has 3 aromatic carbocycles. The maximum absolute atomic E-state index is 12.3. The number of phosphoric acid groups is 1. The highest BCUT2D eigenvalue weighted by molar-refractivity contribution is 7.47. The van der Waals surface area contributed by atoms with Crippen molar-refractivity contribution < 1.29 is 18.5 Å². The van der Waals surface area contributed by atoms with Crippen molar-refractivity contribution in [1.82, 2.24) is 0 Å². The molecule has 3 aromatic rings. The van der Waals surface area contributed by atoms with E-state index in [4.69, 9.17) is 9.05 Å². The van der Waals surface area contributed by atoms with E-state index in [0.29, 0.717) is 5.75 Å². The summed E-state index contributed by atoms with van der Waals surface area (Å²) in [6, 6.07) is 28.0. The van der Waals surface area contributed by atoms with E-state index in [9.17, 15) is 9.46 Å². The fraction of sp³-hybridized carbons (Fsp3) is 0.100. The molecule has 0 aromatic heterocycles. The lowest BCUT2D eigenvalue weighted by Crippen LogP contribution is -2.10. The van der Waals surface area contributed by atoms with E-state index in [1.54, 1.807) is 30.3 Å². The van der Waals surface area contributed by atoms with E-state index in [1.807, 2.05) is 60.7 Å². The summed E-state index contributed by atoms with van der Waals surface area (Å²) in [4.78, 5) is 10.0. The summed E-state index contributed by atoms with van der Waals surface area (Å²) in [6.07, 6.45) is 0. The lowest BCUT2D eigenvalue weighted by molar-refractivity contribution is 0.198. The molecule has 3 rings (SSSR count). The molecule has 4 nitrogen and oxygen atoms in total. The highest BCUT2D eigenvalue weighted by Crippen LogP contribution is 2.45. The van der Waals surface area contributed by atoms with Crippen LogP contribution in [0, 0.1) is 0 Å². The average molecular weight is 354 g/mol. The van der Waals surface area contributed by atoms with Crippen LogP contribution in [0.25, 0.3) is 0 Å². The number of hydrogen-bond acceptors (Lipinski definition) is 3. The molecule has 0 saturated heterocycles. The lowest BCUT2D eigenvalue weighted by Gasteiger charge is -2.20. The molecule has 1 N–H and O–H groups in total. The molecule has 0 radical (unpaired) electrons. The second kappa shape index (κ2) is 8.13. The van der Waals surface area contributed by atoms with Crippen LogP contribution in [0.15, 0.2) is 91.0 Å². The van der Waals surface area contributed by atoms with Gasteiger partial charge in [-0.05, 0) is 23.3 Å². The summed E-state index contributed by atoms with van der Waals surface area (Å²) in [5.41, 5.74) is 2.02. The van der Waals surface area contributed by atoms with Crippen LogP contribution >= 0.6 is 7.82 Å². The molecule has 1 unspecified atom stereocenters. The van der Waals surface area contributed by atoms with Crippen LogP contribution in [0.1, 0.15) is 17.0 Å². The van der Waals surface area contributed by atoms with Gasteiger partial charge in [0, 0.05) is 5.92 Å². The molecule has 0 heterocycles. The van der Waals surface area contributed by atoms with E-state index in [0.717, 1.165) is 11.1 Å². The standard InChI is InChI=1S/C20H19O4P/c21-25(22,24-19-14-8-3-9-15-19)23-16-20(17-10-4-1-5-11-17)18-12-6-2-7-13-18/h1-15,20H,16H2,(H,21,22). The largest absolute Gasteiger partial charge is 0.527 e. The lowest BCUT2D eigenvalue weighted by atomic mass is 9.92. The van der Waals surface area contributed by atoms with Crippen LogP contribution < -0.4 is 4.52 Å². The number of phosphoric ester groups is 1. The minimum absolute atomic E-state index is 0.0363. The molecule has 1 atom stereocenters. The van der Waals surface area contributed by atoms with Crippen molar-refractivity contribution in [3.63, 3.8) is 0 Å². The predicted molar refractivity (Wildman–Crippen MR) is 97.6 cm³/mol. The van der Waals surface area contributed by atoms with E-state index < -0.39 is 7.82 Å². The van der Waals surface area contributed by atoms with Crippen molar-refractivity contribution in [2.24, 2.45) is 0 Å². The molecule has 0 aliphatic rings. The second-order valence-corrected chi connectivity index (χ2v) is 6.92. The van der Waals surface area contributed by atoms with Gasteiger partial charge in [-0.1, -0.05) is 78.9 Å².